The van der Waals surface area contributed by atoms with Gasteiger partial charge in [0.15, 0.2) is 0 Å². The first-order chi connectivity index (χ1) is 10.9. The topological polar surface area (TPSA) is 77.5 Å². The number of benzene rings is 2. The maximum absolute atomic E-state index is 12.6. The van der Waals surface area contributed by atoms with Crippen molar-refractivity contribution in [3.05, 3.63) is 65.7 Å². The molecule has 0 unspecified atom stereocenters. The number of aryl methyl sites for hydroxylation is 1. The molecular formula is C17H18NO4S-. The Bertz CT molecular complexity index is 755. The highest BCUT2D eigenvalue weighted by atomic mass is 32.2. The summed E-state index contributed by atoms with van der Waals surface area (Å²) in [5, 5.41) is 10.9. The van der Waals surface area contributed by atoms with Gasteiger partial charge in [-0.25, -0.2) is 8.42 Å². The van der Waals surface area contributed by atoms with Crippen LogP contribution in [0.3, 0.4) is 0 Å². The van der Waals surface area contributed by atoms with Crippen molar-refractivity contribution in [2.75, 3.05) is 13.1 Å². The lowest BCUT2D eigenvalue weighted by molar-refractivity contribution is -0.305. The summed E-state index contributed by atoms with van der Waals surface area (Å²) >= 11 is 0. The minimum Gasteiger partial charge on any atom is -0.549 e. The van der Waals surface area contributed by atoms with E-state index in [2.05, 4.69) is 0 Å². The maximum Gasteiger partial charge on any atom is 0.243 e. The normalized spacial score (nSPS) is 11.6. The van der Waals surface area contributed by atoms with E-state index in [-0.39, 0.29) is 11.4 Å². The second-order valence-corrected chi connectivity index (χ2v) is 7.20. The Labute approximate surface area is 136 Å². The summed E-state index contributed by atoms with van der Waals surface area (Å²) in [6.45, 7) is 1.27. The molecule has 0 aliphatic heterocycles. The average Bonchev–Trinajstić information content (AvgIpc) is 2.52. The summed E-state index contributed by atoms with van der Waals surface area (Å²) in [6.07, 6.45) is 0.430. The van der Waals surface area contributed by atoms with Crippen LogP contribution in [0.1, 0.15) is 11.1 Å². The minimum absolute atomic E-state index is 0.0776. The molecule has 0 saturated carbocycles. The Morgan fingerprint density at radius 1 is 1.04 bits per heavy atom. The Morgan fingerprint density at radius 3 is 2.22 bits per heavy atom. The van der Waals surface area contributed by atoms with Crippen molar-refractivity contribution in [3.8, 4) is 0 Å². The van der Waals surface area contributed by atoms with Gasteiger partial charge in [0, 0.05) is 6.54 Å². The Hall–Kier alpha value is -2.18. The first-order valence-electron chi connectivity index (χ1n) is 7.20. The molecular weight excluding hydrogens is 314 g/mol. The highest BCUT2D eigenvalue weighted by Crippen LogP contribution is 2.17. The number of carbonyl (C=O) groups is 1. The Morgan fingerprint density at radius 2 is 1.65 bits per heavy atom. The van der Waals surface area contributed by atoms with Crippen LogP contribution < -0.4 is 5.11 Å². The molecule has 2 aromatic rings. The van der Waals surface area contributed by atoms with Gasteiger partial charge in [-0.15, -0.1) is 0 Å². The summed E-state index contributed by atoms with van der Waals surface area (Å²) in [5.74, 6) is -1.42. The molecule has 0 spiro atoms. The molecule has 0 aliphatic rings. The Kier molecular flexibility index (Phi) is 5.52. The van der Waals surface area contributed by atoms with Crippen molar-refractivity contribution in [1.82, 2.24) is 4.31 Å². The number of rotatable bonds is 7. The maximum atomic E-state index is 12.6. The predicted molar refractivity (Wildman–Crippen MR) is 85.1 cm³/mol. The van der Waals surface area contributed by atoms with Crippen LogP contribution in [0.4, 0.5) is 0 Å². The fourth-order valence-electron chi connectivity index (χ4n) is 2.19. The lowest BCUT2D eigenvalue weighted by atomic mass is 10.1. The highest BCUT2D eigenvalue weighted by Gasteiger charge is 2.24. The van der Waals surface area contributed by atoms with Crippen molar-refractivity contribution in [3.63, 3.8) is 0 Å². The lowest BCUT2D eigenvalue weighted by Gasteiger charge is -2.22. The zero-order valence-electron chi connectivity index (χ0n) is 12.8. The molecule has 23 heavy (non-hydrogen) atoms. The molecule has 0 aliphatic carbocycles. The van der Waals surface area contributed by atoms with Gasteiger partial charge in [0.1, 0.15) is 0 Å². The van der Waals surface area contributed by atoms with E-state index < -0.39 is 22.5 Å². The van der Waals surface area contributed by atoms with Gasteiger partial charge in [-0.05, 0) is 31.0 Å². The van der Waals surface area contributed by atoms with Crippen molar-refractivity contribution in [2.45, 2.75) is 18.2 Å². The number of carbonyl (C=O) groups excluding carboxylic acids is 1. The van der Waals surface area contributed by atoms with Gasteiger partial charge in [-0.1, -0.05) is 48.0 Å². The van der Waals surface area contributed by atoms with Crippen LogP contribution in [0.5, 0.6) is 0 Å². The third-order valence-corrected chi connectivity index (χ3v) is 5.32. The van der Waals surface area contributed by atoms with Gasteiger partial charge in [-0.2, -0.15) is 4.31 Å². The zero-order chi connectivity index (χ0) is 16.9. The van der Waals surface area contributed by atoms with E-state index in [0.29, 0.717) is 6.42 Å². The predicted octanol–water partition coefficient (Wildman–Crippen LogP) is 0.978. The van der Waals surface area contributed by atoms with Gasteiger partial charge in [-0.3, -0.25) is 0 Å². The van der Waals surface area contributed by atoms with E-state index in [9.17, 15) is 18.3 Å². The van der Waals surface area contributed by atoms with Gasteiger partial charge in [0.2, 0.25) is 10.0 Å². The largest absolute Gasteiger partial charge is 0.549 e. The average molecular weight is 332 g/mol. The van der Waals surface area contributed by atoms with E-state index in [1.807, 2.05) is 37.3 Å². The number of carboxylic acids is 1. The molecule has 0 saturated heterocycles. The fraction of sp³-hybridized carbons (Fsp3) is 0.235. The van der Waals surface area contributed by atoms with Crippen LogP contribution in [-0.2, 0) is 21.2 Å². The summed E-state index contributed by atoms with van der Waals surface area (Å²) in [4.78, 5) is 11.0. The van der Waals surface area contributed by atoms with Crippen LogP contribution in [0.2, 0.25) is 0 Å². The van der Waals surface area contributed by atoms with Gasteiger partial charge in [0.05, 0.1) is 17.4 Å². The third kappa shape index (κ3) is 4.64. The van der Waals surface area contributed by atoms with E-state index >= 15 is 0 Å². The quantitative estimate of drug-likeness (QED) is 0.757. The SMILES string of the molecule is Cc1ccc(S(=O)(=O)N(CCc2ccccc2)CC(=O)[O-])cc1. The standard InChI is InChI=1S/C17H19NO4S/c1-14-7-9-16(10-8-14)23(21,22)18(13-17(19)20)12-11-15-5-3-2-4-6-15/h2-10H,11-13H2,1H3,(H,19,20)/p-1. The number of sulfonamides is 1. The van der Waals surface area contributed by atoms with Gasteiger partial charge >= 0.3 is 0 Å². The molecule has 0 bridgehead atoms. The van der Waals surface area contributed by atoms with Crippen molar-refractivity contribution >= 4 is 16.0 Å². The van der Waals surface area contributed by atoms with Crippen molar-refractivity contribution < 1.29 is 18.3 Å². The second kappa shape index (κ2) is 7.39. The molecule has 0 atom stereocenters. The molecule has 0 heterocycles. The molecule has 2 rings (SSSR count). The lowest BCUT2D eigenvalue weighted by Crippen LogP contribution is -2.42. The molecule has 5 nitrogen and oxygen atoms in total. The monoisotopic (exact) mass is 332 g/mol. The molecule has 0 aromatic heterocycles. The molecule has 0 N–H and O–H groups in total. The fourth-order valence-corrected chi connectivity index (χ4v) is 3.57. The highest BCUT2D eigenvalue weighted by molar-refractivity contribution is 7.89. The van der Waals surface area contributed by atoms with Crippen LogP contribution in [-0.4, -0.2) is 31.8 Å². The molecule has 122 valence electrons. The van der Waals surface area contributed by atoms with Gasteiger partial charge < -0.3 is 9.90 Å². The summed E-state index contributed by atoms with van der Waals surface area (Å²) in [6, 6.07) is 15.6. The summed E-state index contributed by atoms with van der Waals surface area (Å²) in [7, 11) is -3.87. The first kappa shape index (κ1) is 17.2. The van der Waals surface area contributed by atoms with E-state index in [0.717, 1.165) is 15.4 Å². The van der Waals surface area contributed by atoms with E-state index in [1.165, 1.54) is 12.1 Å². The van der Waals surface area contributed by atoms with Crippen LogP contribution in [0.25, 0.3) is 0 Å². The summed E-state index contributed by atoms with van der Waals surface area (Å²) in [5.41, 5.74) is 1.87. The third-order valence-electron chi connectivity index (χ3n) is 3.46. The minimum atomic E-state index is -3.87. The number of nitrogens with zero attached hydrogens (tertiary/aromatic N) is 1. The second-order valence-electron chi connectivity index (χ2n) is 5.26. The van der Waals surface area contributed by atoms with Gasteiger partial charge in [0.25, 0.3) is 0 Å². The Balaban J connectivity index is 2.22. The van der Waals surface area contributed by atoms with Crippen molar-refractivity contribution in [1.29, 1.82) is 0 Å². The number of hydrogen-bond acceptors (Lipinski definition) is 4. The number of aliphatic carboxylic acids is 1. The zero-order valence-corrected chi connectivity index (χ0v) is 13.6. The van der Waals surface area contributed by atoms with E-state index in [1.54, 1.807) is 12.1 Å². The number of carboxylic acid groups (broad SMARTS) is 1. The van der Waals surface area contributed by atoms with Crippen LogP contribution in [0, 0.1) is 6.92 Å². The van der Waals surface area contributed by atoms with E-state index in [4.69, 9.17) is 0 Å². The molecule has 0 radical (unpaired) electrons. The first-order valence-corrected chi connectivity index (χ1v) is 8.64. The summed E-state index contributed by atoms with van der Waals surface area (Å²) < 4.78 is 26.2. The number of hydrogen-bond donors (Lipinski definition) is 0. The molecule has 0 fully saturated rings. The van der Waals surface area contributed by atoms with Crippen molar-refractivity contribution in [2.24, 2.45) is 0 Å². The molecule has 2 aromatic carbocycles. The van der Waals surface area contributed by atoms with Crippen LogP contribution in [0.15, 0.2) is 59.5 Å². The van der Waals surface area contributed by atoms with Crippen LogP contribution >= 0.6 is 0 Å². The molecule has 6 heteroatoms. The molecule has 0 amide bonds. The smallest absolute Gasteiger partial charge is 0.243 e.